The molecule has 1 atom stereocenters. The summed E-state index contributed by atoms with van der Waals surface area (Å²) in [6.07, 6.45) is 0. The molecule has 0 aromatic heterocycles. The van der Waals surface area contributed by atoms with Crippen LogP contribution in [0.25, 0.3) is 10.8 Å². The molecule has 1 nitrogen and oxygen atoms in total. The predicted octanol–water partition coefficient (Wildman–Crippen LogP) is 5.30. The Kier molecular flexibility index (Phi) is 3.79. The van der Waals surface area contributed by atoms with E-state index in [9.17, 15) is 0 Å². The Morgan fingerprint density at radius 3 is 2.40 bits per heavy atom. The van der Waals surface area contributed by atoms with Crippen LogP contribution in [0.2, 0.25) is 5.02 Å². The second-order valence-corrected chi connectivity index (χ2v) is 6.07. The van der Waals surface area contributed by atoms with E-state index >= 15 is 0 Å². The first kappa shape index (κ1) is 13.6. The molecular weight excluding hydrogens is 334 g/mol. The van der Waals surface area contributed by atoms with E-state index in [0.717, 1.165) is 15.6 Å². The van der Waals surface area contributed by atoms with Crippen LogP contribution in [0.1, 0.15) is 17.2 Å². The molecule has 20 heavy (non-hydrogen) atoms. The first-order valence-electron chi connectivity index (χ1n) is 6.34. The highest BCUT2D eigenvalue weighted by Crippen LogP contribution is 2.30. The molecule has 0 radical (unpaired) electrons. The van der Waals surface area contributed by atoms with Gasteiger partial charge in [0.2, 0.25) is 0 Å². The van der Waals surface area contributed by atoms with Crippen molar-refractivity contribution in [1.82, 2.24) is 0 Å². The molecule has 0 aliphatic carbocycles. The van der Waals surface area contributed by atoms with E-state index in [0.29, 0.717) is 5.02 Å². The molecule has 100 valence electrons. The van der Waals surface area contributed by atoms with E-state index in [-0.39, 0.29) is 6.04 Å². The third kappa shape index (κ3) is 2.59. The summed E-state index contributed by atoms with van der Waals surface area (Å²) in [6.45, 7) is 0. The maximum Gasteiger partial charge on any atom is 0.0566 e. The van der Waals surface area contributed by atoms with E-state index < -0.39 is 0 Å². The summed E-state index contributed by atoms with van der Waals surface area (Å²) >= 11 is 9.69. The minimum atomic E-state index is -0.222. The largest absolute Gasteiger partial charge is 0.320 e. The lowest BCUT2D eigenvalue weighted by atomic mass is 9.97. The first-order chi connectivity index (χ1) is 9.65. The van der Waals surface area contributed by atoms with Crippen molar-refractivity contribution < 1.29 is 0 Å². The highest BCUT2D eigenvalue weighted by atomic mass is 79.9. The van der Waals surface area contributed by atoms with Crippen LogP contribution >= 0.6 is 27.5 Å². The molecule has 3 heteroatoms. The summed E-state index contributed by atoms with van der Waals surface area (Å²) in [5.41, 5.74) is 8.36. The van der Waals surface area contributed by atoms with Gasteiger partial charge in [0.05, 0.1) is 6.04 Å². The average Bonchev–Trinajstić information content (AvgIpc) is 2.46. The Morgan fingerprint density at radius 1 is 0.900 bits per heavy atom. The number of nitrogens with two attached hydrogens (primary N) is 1. The van der Waals surface area contributed by atoms with Crippen LogP contribution in [0, 0.1) is 0 Å². The van der Waals surface area contributed by atoms with Gasteiger partial charge in [-0.2, -0.15) is 0 Å². The van der Waals surface area contributed by atoms with Crippen molar-refractivity contribution in [3.05, 3.63) is 81.3 Å². The van der Waals surface area contributed by atoms with Crippen LogP contribution in [-0.4, -0.2) is 0 Å². The normalized spacial score (nSPS) is 12.6. The van der Waals surface area contributed by atoms with Crippen molar-refractivity contribution in [2.45, 2.75) is 6.04 Å². The van der Waals surface area contributed by atoms with E-state index in [4.69, 9.17) is 17.3 Å². The van der Waals surface area contributed by atoms with Gasteiger partial charge >= 0.3 is 0 Å². The maximum absolute atomic E-state index is 6.36. The second-order valence-electron chi connectivity index (χ2n) is 4.75. The molecular formula is C17H13BrClN. The van der Waals surface area contributed by atoms with Gasteiger partial charge in [-0.05, 0) is 40.1 Å². The van der Waals surface area contributed by atoms with Crippen LogP contribution < -0.4 is 5.73 Å². The number of benzene rings is 3. The Morgan fingerprint density at radius 2 is 1.65 bits per heavy atom. The molecule has 0 aliphatic heterocycles. The molecule has 0 saturated heterocycles. The van der Waals surface area contributed by atoms with Crippen LogP contribution in [0.15, 0.2) is 65.1 Å². The number of rotatable bonds is 2. The van der Waals surface area contributed by atoms with Gasteiger partial charge in [0.25, 0.3) is 0 Å². The van der Waals surface area contributed by atoms with Crippen LogP contribution in [0.5, 0.6) is 0 Å². The van der Waals surface area contributed by atoms with Crippen LogP contribution in [-0.2, 0) is 0 Å². The standard InChI is InChI=1S/C17H13BrClN/c18-14-7-8-15(16(19)10-14)17(20)13-6-5-11-3-1-2-4-12(11)9-13/h1-10,17H,20H2. The van der Waals surface area contributed by atoms with Gasteiger partial charge in [0.15, 0.2) is 0 Å². The van der Waals surface area contributed by atoms with Crippen LogP contribution in [0.4, 0.5) is 0 Å². The number of hydrogen-bond acceptors (Lipinski definition) is 1. The monoisotopic (exact) mass is 345 g/mol. The molecule has 0 spiro atoms. The van der Waals surface area contributed by atoms with E-state index in [1.807, 2.05) is 30.3 Å². The molecule has 3 aromatic carbocycles. The molecule has 3 rings (SSSR count). The number of halogens is 2. The summed E-state index contributed by atoms with van der Waals surface area (Å²) < 4.78 is 0.956. The SMILES string of the molecule is NC(c1ccc2ccccc2c1)c1ccc(Br)cc1Cl. The Bertz CT molecular complexity index is 770. The fourth-order valence-corrected chi connectivity index (χ4v) is 3.13. The van der Waals surface area contributed by atoms with Crippen molar-refractivity contribution in [2.75, 3.05) is 0 Å². The summed E-state index contributed by atoms with van der Waals surface area (Å²) in [4.78, 5) is 0. The highest BCUT2D eigenvalue weighted by molar-refractivity contribution is 9.10. The van der Waals surface area contributed by atoms with Crippen LogP contribution in [0.3, 0.4) is 0 Å². The topological polar surface area (TPSA) is 26.0 Å². The molecule has 0 saturated carbocycles. The number of fused-ring (bicyclic) bond motifs is 1. The van der Waals surface area contributed by atoms with E-state index in [1.54, 1.807) is 0 Å². The number of hydrogen-bond donors (Lipinski definition) is 1. The van der Waals surface area contributed by atoms with E-state index in [1.165, 1.54) is 10.8 Å². The molecule has 0 heterocycles. The van der Waals surface area contributed by atoms with Gasteiger partial charge < -0.3 is 5.73 Å². The van der Waals surface area contributed by atoms with Gasteiger partial charge in [-0.1, -0.05) is 70.0 Å². The smallest absolute Gasteiger partial charge is 0.0566 e. The minimum absolute atomic E-state index is 0.222. The van der Waals surface area contributed by atoms with Gasteiger partial charge in [0, 0.05) is 9.50 Å². The van der Waals surface area contributed by atoms with Gasteiger partial charge in [0.1, 0.15) is 0 Å². The maximum atomic E-state index is 6.36. The predicted molar refractivity (Wildman–Crippen MR) is 89.1 cm³/mol. The molecule has 1 unspecified atom stereocenters. The zero-order valence-corrected chi connectivity index (χ0v) is 13.0. The van der Waals surface area contributed by atoms with Gasteiger partial charge in [-0.3, -0.25) is 0 Å². The minimum Gasteiger partial charge on any atom is -0.320 e. The summed E-state index contributed by atoms with van der Waals surface area (Å²) in [6, 6.07) is 20.1. The molecule has 0 bridgehead atoms. The van der Waals surface area contributed by atoms with Gasteiger partial charge in [-0.25, -0.2) is 0 Å². The lowest BCUT2D eigenvalue weighted by Crippen LogP contribution is -2.12. The van der Waals surface area contributed by atoms with E-state index in [2.05, 4.69) is 46.3 Å². The first-order valence-corrected chi connectivity index (χ1v) is 7.51. The molecule has 0 amide bonds. The fourth-order valence-electron chi connectivity index (χ4n) is 2.33. The summed E-state index contributed by atoms with van der Waals surface area (Å²) in [7, 11) is 0. The van der Waals surface area contributed by atoms with Crippen molar-refractivity contribution in [1.29, 1.82) is 0 Å². The molecule has 0 aliphatic rings. The summed E-state index contributed by atoms with van der Waals surface area (Å²) in [5, 5.41) is 3.08. The highest BCUT2D eigenvalue weighted by Gasteiger charge is 2.13. The zero-order chi connectivity index (χ0) is 14.1. The third-order valence-corrected chi connectivity index (χ3v) is 4.25. The lowest BCUT2D eigenvalue weighted by Gasteiger charge is -2.15. The van der Waals surface area contributed by atoms with Crippen molar-refractivity contribution >= 4 is 38.3 Å². The van der Waals surface area contributed by atoms with Gasteiger partial charge in [-0.15, -0.1) is 0 Å². The van der Waals surface area contributed by atoms with Crippen molar-refractivity contribution in [2.24, 2.45) is 5.73 Å². The molecule has 2 N–H and O–H groups in total. The zero-order valence-electron chi connectivity index (χ0n) is 10.7. The second kappa shape index (κ2) is 5.57. The Labute approximate surface area is 131 Å². The Balaban J connectivity index is 2.05. The average molecular weight is 347 g/mol. The molecule has 3 aromatic rings. The quantitative estimate of drug-likeness (QED) is 0.669. The Hall–Kier alpha value is -1.35. The van der Waals surface area contributed by atoms with Crippen molar-refractivity contribution in [3.8, 4) is 0 Å². The third-order valence-electron chi connectivity index (χ3n) is 3.43. The molecule has 0 fully saturated rings. The lowest BCUT2D eigenvalue weighted by molar-refractivity contribution is 0.873. The summed E-state index contributed by atoms with van der Waals surface area (Å²) in [5.74, 6) is 0. The fraction of sp³-hybridized carbons (Fsp3) is 0.0588. The van der Waals surface area contributed by atoms with Crippen molar-refractivity contribution in [3.63, 3.8) is 0 Å².